The molecule has 1 amide bonds. The maximum absolute atomic E-state index is 11.9. The molecule has 0 aromatic carbocycles. The van der Waals surface area contributed by atoms with Crippen molar-refractivity contribution in [2.75, 3.05) is 18.1 Å². The Morgan fingerprint density at radius 2 is 2.38 bits per heavy atom. The van der Waals surface area contributed by atoms with E-state index < -0.39 is 12.0 Å². The van der Waals surface area contributed by atoms with Crippen LogP contribution >= 0.6 is 11.8 Å². The molecule has 1 aromatic rings. The van der Waals surface area contributed by atoms with Gasteiger partial charge < -0.3 is 14.4 Å². The first kappa shape index (κ1) is 11.1. The molecule has 1 unspecified atom stereocenters. The van der Waals surface area contributed by atoms with Gasteiger partial charge in [0, 0.05) is 18.1 Å². The summed E-state index contributed by atoms with van der Waals surface area (Å²) in [7, 11) is 0. The van der Waals surface area contributed by atoms with Gasteiger partial charge in [0.1, 0.15) is 6.04 Å². The smallest absolute Gasteiger partial charge is 0.327 e. The van der Waals surface area contributed by atoms with Gasteiger partial charge in [0.15, 0.2) is 5.76 Å². The third kappa shape index (κ3) is 2.06. The monoisotopic (exact) mass is 241 g/mol. The molecule has 5 nitrogen and oxygen atoms in total. The number of hydrogen-bond donors (Lipinski definition) is 1. The Balaban J connectivity index is 2.17. The summed E-state index contributed by atoms with van der Waals surface area (Å²) in [5.41, 5.74) is 0. The first-order chi connectivity index (χ1) is 7.70. The number of hydrogen-bond acceptors (Lipinski definition) is 4. The van der Waals surface area contributed by atoms with Crippen molar-refractivity contribution in [2.24, 2.45) is 0 Å². The molecule has 2 rings (SSSR count). The number of thioether (sulfide) groups is 1. The fraction of sp³-hybridized carbons (Fsp3) is 0.400. The van der Waals surface area contributed by atoms with Gasteiger partial charge in [0.2, 0.25) is 0 Å². The number of carbonyl (C=O) groups excluding carboxylic acids is 1. The van der Waals surface area contributed by atoms with E-state index in [1.807, 2.05) is 0 Å². The Kier molecular flexibility index (Phi) is 3.19. The van der Waals surface area contributed by atoms with Gasteiger partial charge in [-0.2, -0.15) is 11.8 Å². The van der Waals surface area contributed by atoms with E-state index >= 15 is 0 Å². The van der Waals surface area contributed by atoms with E-state index in [1.165, 1.54) is 11.2 Å². The topological polar surface area (TPSA) is 70.8 Å². The van der Waals surface area contributed by atoms with Crippen molar-refractivity contribution in [1.82, 2.24) is 4.90 Å². The van der Waals surface area contributed by atoms with E-state index in [9.17, 15) is 9.59 Å². The van der Waals surface area contributed by atoms with Crippen LogP contribution in [0.3, 0.4) is 0 Å². The Morgan fingerprint density at radius 3 is 3.00 bits per heavy atom. The first-order valence-corrected chi connectivity index (χ1v) is 6.00. The summed E-state index contributed by atoms with van der Waals surface area (Å²) in [5.74, 6) is 0.0702. The molecule has 1 N–H and O–H groups in total. The van der Waals surface area contributed by atoms with Gasteiger partial charge >= 0.3 is 5.97 Å². The molecule has 2 heterocycles. The molecule has 0 bridgehead atoms. The van der Waals surface area contributed by atoms with Crippen LogP contribution in [0.5, 0.6) is 0 Å². The Bertz CT molecular complexity index is 390. The van der Waals surface area contributed by atoms with Gasteiger partial charge in [-0.3, -0.25) is 4.79 Å². The fourth-order valence-electron chi connectivity index (χ4n) is 1.59. The maximum atomic E-state index is 11.9. The summed E-state index contributed by atoms with van der Waals surface area (Å²) < 4.78 is 4.99. The molecule has 6 heteroatoms. The predicted octanol–water partition coefficient (Wildman–Crippen LogP) is 0.922. The SMILES string of the molecule is O=C(O)C1CSCCN1C(=O)c1ccco1. The summed E-state index contributed by atoms with van der Waals surface area (Å²) in [6, 6.07) is 2.40. The second-order valence-corrected chi connectivity index (χ2v) is 4.55. The van der Waals surface area contributed by atoms with Crippen molar-refractivity contribution in [3.63, 3.8) is 0 Å². The standard InChI is InChI=1S/C10H11NO4S/c12-9(8-2-1-4-15-8)11-3-5-16-6-7(11)10(13)14/h1-2,4,7H,3,5-6H2,(H,13,14). The first-order valence-electron chi connectivity index (χ1n) is 4.85. The fourth-order valence-corrected chi connectivity index (χ4v) is 2.63. The lowest BCUT2D eigenvalue weighted by atomic mass is 10.2. The lowest BCUT2D eigenvalue weighted by molar-refractivity contribution is -0.141. The number of carboxylic acid groups (broad SMARTS) is 1. The van der Waals surface area contributed by atoms with Gasteiger partial charge in [-0.1, -0.05) is 0 Å². The summed E-state index contributed by atoms with van der Waals surface area (Å²) in [6.07, 6.45) is 1.40. The van der Waals surface area contributed by atoms with Crippen molar-refractivity contribution < 1.29 is 19.1 Å². The molecular weight excluding hydrogens is 230 g/mol. The van der Waals surface area contributed by atoms with Crippen LogP contribution in [0.1, 0.15) is 10.6 Å². The van der Waals surface area contributed by atoms with Crippen LogP contribution in [0.15, 0.2) is 22.8 Å². The third-order valence-electron chi connectivity index (χ3n) is 2.41. The van der Waals surface area contributed by atoms with Crippen molar-refractivity contribution in [2.45, 2.75) is 6.04 Å². The second kappa shape index (κ2) is 4.61. The maximum Gasteiger partial charge on any atom is 0.327 e. The molecule has 1 aliphatic rings. The van der Waals surface area contributed by atoms with Gasteiger partial charge in [-0.05, 0) is 12.1 Å². The molecule has 1 atom stereocenters. The van der Waals surface area contributed by atoms with E-state index in [0.29, 0.717) is 12.3 Å². The molecule has 1 aromatic heterocycles. The molecule has 1 fully saturated rings. The van der Waals surface area contributed by atoms with E-state index in [2.05, 4.69) is 0 Å². The Labute approximate surface area is 96.4 Å². The molecule has 86 valence electrons. The zero-order chi connectivity index (χ0) is 11.5. The molecule has 0 spiro atoms. The minimum absolute atomic E-state index is 0.193. The van der Waals surface area contributed by atoms with Crippen LogP contribution < -0.4 is 0 Å². The quantitative estimate of drug-likeness (QED) is 0.833. The normalized spacial score (nSPS) is 20.8. The zero-order valence-corrected chi connectivity index (χ0v) is 9.27. The van der Waals surface area contributed by atoms with E-state index in [-0.39, 0.29) is 11.7 Å². The lowest BCUT2D eigenvalue weighted by Crippen LogP contribution is -2.50. The molecule has 16 heavy (non-hydrogen) atoms. The highest BCUT2D eigenvalue weighted by Crippen LogP contribution is 2.19. The summed E-state index contributed by atoms with van der Waals surface area (Å²) in [5, 5.41) is 9.02. The summed E-state index contributed by atoms with van der Waals surface area (Å²) >= 11 is 1.54. The highest BCUT2D eigenvalue weighted by atomic mass is 32.2. The number of carbonyl (C=O) groups is 2. The molecule has 0 aliphatic carbocycles. The Hall–Kier alpha value is -1.43. The third-order valence-corrected chi connectivity index (χ3v) is 3.43. The van der Waals surface area contributed by atoms with E-state index in [4.69, 9.17) is 9.52 Å². The number of aliphatic carboxylic acids is 1. The zero-order valence-electron chi connectivity index (χ0n) is 8.46. The van der Waals surface area contributed by atoms with E-state index in [0.717, 1.165) is 5.75 Å². The van der Waals surface area contributed by atoms with Crippen LogP contribution in [-0.4, -0.2) is 46.0 Å². The van der Waals surface area contributed by atoms with Crippen molar-refractivity contribution in [3.05, 3.63) is 24.2 Å². The second-order valence-electron chi connectivity index (χ2n) is 3.40. The van der Waals surface area contributed by atoms with Crippen LogP contribution in [0.25, 0.3) is 0 Å². The molecule has 1 aliphatic heterocycles. The van der Waals surface area contributed by atoms with Crippen molar-refractivity contribution in [3.8, 4) is 0 Å². The highest BCUT2D eigenvalue weighted by molar-refractivity contribution is 7.99. The van der Waals surface area contributed by atoms with Gasteiger partial charge in [-0.15, -0.1) is 0 Å². The number of rotatable bonds is 2. The van der Waals surface area contributed by atoms with Gasteiger partial charge in [0.05, 0.1) is 6.26 Å². The molecule has 1 saturated heterocycles. The average molecular weight is 241 g/mol. The molecule has 0 saturated carbocycles. The van der Waals surface area contributed by atoms with Crippen LogP contribution in [-0.2, 0) is 4.79 Å². The molecular formula is C10H11NO4S. The average Bonchev–Trinajstić information content (AvgIpc) is 2.81. The highest BCUT2D eigenvalue weighted by Gasteiger charge is 2.33. The van der Waals surface area contributed by atoms with Gasteiger partial charge in [-0.25, -0.2) is 4.79 Å². The van der Waals surface area contributed by atoms with Crippen molar-refractivity contribution >= 4 is 23.6 Å². The largest absolute Gasteiger partial charge is 0.480 e. The minimum Gasteiger partial charge on any atom is -0.480 e. The van der Waals surface area contributed by atoms with Crippen LogP contribution in [0.2, 0.25) is 0 Å². The number of carboxylic acids is 1. The number of furan rings is 1. The number of amides is 1. The summed E-state index contributed by atoms with van der Waals surface area (Å²) in [4.78, 5) is 24.3. The van der Waals surface area contributed by atoms with Crippen molar-refractivity contribution in [1.29, 1.82) is 0 Å². The van der Waals surface area contributed by atoms with Crippen LogP contribution in [0.4, 0.5) is 0 Å². The molecule has 0 radical (unpaired) electrons. The predicted molar refractivity (Wildman–Crippen MR) is 58.5 cm³/mol. The Morgan fingerprint density at radius 1 is 1.56 bits per heavy atom. The van der Waals surface area contributed by atoms with E-state index in [1.54, 1.807) is 23.9 Å². The van der Waals surface area contributed by atoms with Crippen LogP contribution in [0, 0.1) is 0 Å². The minimum atomic E-state index is -0.966. The van der Waals surface area contributed by atoms with Gasteiger partial charge in [0.25, 0.3) is 5.91 Å². The lowest BCUT2D eigenvalue weighted by Gasteiger charge is -2.31. The number of nitrogens with zero attached hydrogens (tertiary/aromatic N) is 1. The summed E-state index contributed by atoms with van der Waals surface area (Å²) in [6.45, 7) is 0.446.